The Balaban J connectivity index is 0.000000317. The molecule has 9 nitrogen and oxygen atoms in total. The van der Waals surface area contributed by atoms with E-state index in [9.17, 15) is 22.8 Å². The van der Waals surface area contributed by atoms with Gasteiger partial charge in [0.15, 0.2) is 5.69 Å². The zero-order valence-electron chi connectivity index (χ0n) is 21.5. The van der Waals surface area contributed by atoms with Gasteiger partial charge in [0.2, 0.25) is 5.91 Å². The predicted octanol–water partition coefficient (Wildman–Crippen LogP) is 2.98. The van der Waals surface area contributed by atoms with Crippen molar-refractivity contribution in [2.75, 3.05) is 32.7 Å². The maximum absolute atomic E-state index is 12.4. The van der Waals surface area contributed by atoms with E-state index >= 15 is 0 Å². The number of ether oxygens (including phenoxy) is 1. The molecule has 1 aliphatic carbocycles. The SMILES string of the molecule is CC1CCCN1C(=O)CN1CC2C(CNCc3cccc(OC(F)(F)F)c3)C2C1.Cn1cnc(C(=O)O)c1. The summed E-state index contributed by atoms with van der Waals surface area (Å²) in [6, 6.07) is 6.45. The molecule has 1 amide bonds. The summed E-state index contributed by atoms with van der Waals surface area (Å²) in [5.41, 5.74) is 0.849. The first-order valence-corrected chi connectivity index (χ1v) is 12.8. The number of nitrogens with zero attached hydrogens (tertiary/aromatic N) is 4. The summed E-state index contributed by atoms with van der Waals surface area (Å²) in [5.74, 6) is 0.939. The van der Waals surface area contributed by atoms with E-state index in [1.54, 1.807) is 23.7 Å². The number of carboxylic acids is 1. The second-order valence-electron chi connectivity index (χ2n) is 10.3. The molecule has 38 heavy (non-hydrogen) atoms. The highest BCUT2D eigenvalue weighted by Gasteiger charge is 2.55. The number of aromatic nitrogens is 2. The number of hydrogen-bond acceptors (Lipinski definition) is 6. The predicted molar refractivity (Wildman–Crippen MR) is 132 cm³/mol. The number of aryl methyl sites for hydroxylation is 1. The summed E-state index contributed by atoms with van der Waals surface area (Å²) in [4.78, 5) is 30.5. The van der Waals surface area contributed by atoms with E-state index < -0.39 is 12.3 Å². The molecule has 1 aromatic heterocycles. The number of imidazole rings is 1. The van der Waals surface area contributed by atoms with Crippen molar-refractivity contribution in [2.24, 2.45) is 24.8 Å². The van der Waals surface area contributed by atoms with E-state index in [0.717, 1.165) is 44.6 Å². The van der Waals surface area contributed by atoms with Gasteiger partial charge >= 0.3 is 12.3 Å². The highest BCUT2D eigenvalue weighted by atomic mass is 19.4. The van der Waals surface area contributed by atoms with E-state index in [2.05, 4.69) is 26.9 Å². The van der Waals surface area contributed by atoms with Crippen molar-refractivity contribution in [3.63, 3.8) is 0 Å². The number of halogens is 3. The highest BCUT2D eigenvalue weighted by molar-refractivity contribution is 5.84. The minimum absolute atomic E-state index is 0.0810. The van der Waals surface area contributed by atoms with Crippen LogP contribution in [-0.2, 0) is 18.4 Å². The number of carbonyl (C=O) groups excluding carboxylic acids is 1. The van der Waals surface area contributed by atoms with Gasteiger partial charge in [-0.25, -0.2) is 9.78 Å². The number of nitrogens with one attached hydrogen (secondary N) is 1. The molecule has 2 N–H and O–H groups in total. The summed E-state index contributed by atoms with van der Waals surface area (Å²) in [5, 5.41) is 11.7. The fourth-order valence-corrected chi connectivity index (χ4v) is 5.51. The van der Waals surface area contributed by atoms with Crippen molar-refractivity contribution < 1.29 is 32.6 Å². The van der Waals surface area contributed by atoms with Crippen LogP contribution in [-0.4, -0.2) is 81.5 Å². The zero-order chi connectivity index (χ0) is 27.4. The first-order valence-electron chi connectivity index (χ1n) is 12.8. The minimum atomic E-state index is -4.67. The lowest BCUT2D eigenvalue weighted by molar-refractivity contribution is -0.274. The van der Waals surface area contributed by atoms with Crippen LogP contribution >= 0.6 is 0 Å². The number of carboxylic acid groups (broad SMARTS) is 1. The van der Waals surface area contributed by atoms with Crippen LogP contribution in [0.4, 0.5) is 13.2 Å². The Hall–Kier alpha value is -3.12. The molecule has 2 saturated heterocycles. The Morgan fingerprint density at radius 3 is 2.53 bits per heavy atom. The highest BCUT2D eigenvalue weighted by Crippen LogP contribution is 2.51. The first-order chi connectivity index (χ1) is 18.0. The molecule has 0 radical (unpaired) electrons. The van der Waals surface area contributed by atoms with E-state index in [4.69, 9.17) is 5.11 Å². The normalized spacial score (nSPS) is 24.5. The second kappa shape index (κ2) is 11.7. The van der Waals surface area contributed by atoms with E-state index in [0.29, 0.717) is 36.9 Å². The van der Waals surface area contributed by atoms with Gasteiger partial charge in [-0.3, -0.25) is 9.69 Å². The third-order valence-corrected chi connectivity index (χ3v) is 7.44. The Labute approximate surface area is 219 Å². The Kier molecular flexibility index (Phi) is 8.61. The van der Waals surface area contributed by atoms with Crippen molar-refractivity contribution in [1.82, 2.24) is 24.7 Å². The van der Waals surface area contributed by atoms with Gasteiger partial charge in [-0.15, -0.1) is 13.2 Å². The quantitative estimate of drug-likeness (QED) is 0.534. The zero-order valence-corrected chi connectivity index (χ0v) is 21.5. The van der Waals surface area contributed by atoms with Crippen molar-refractivity contribution in [3.8, 4) is 5.75 Å². The average Bonchev–Trinajstić information content (AvgIpc) is 3.27. The summed E-state index contributed by atoms with van der Waals surface area (Å²) >= 11 is 0. The summed E-state index contributed by atoms with van der Waals surface area (Å²) in [7, 11) is 1.72. The van der Waals surface area contributed by atoms with Crippen molar-refractivity contribution in [2.45, 2.75) is 38.7 Å². The van der Waals surface area contributed by atoms with E-state index in [1.807, 2.05) is 4.90 Å². The number of alkyl halides is 3. The van der Waals surface area contributed by atoms with Gasteiger partial charge < -0.3 is 24.6 Å². The lowest BCUT2D eigenvalue weighted by Gasteiger charge is -2.26. The van der Waals surface area contributed by atoms with Gasteiger partial charge in [0.25, 0.3) is 0 Å². The molecule has 3 fully saturated rings. The summed E-state index contributed by atoms with van der Waals surface area (Å²) in [6.45, 7) is 6.86. The molecule has 5 rings (SSSR count). The molecule has 3 heterocycles. The molecule has 3 atom stereocenters. The monoisotopic (exact) mass is 537 g/mol. The van der Waals surface area contributed by atoms with Gasteiger partial charge in [0.05, 0.1) is 12.9 Å². The molecule has 2 aromatic rings. The summed E-state index contributed by atoms with van der Waals surface area (Å²) in [6.07, 6.45) is 0.441. The lowest BCUT2D eigenvalue weighted by Crippen LogP contribution is -2.42. The standard InChI is InChI=1S/C21H28F3N3O2.C5H6N2O2/c1-14-4-3-7-27(14)20(28)13-26-11-18-17(19(18)12-26)10-25-9-15-5-2-6-16(8-15)29-21(22,23)24;1-7-2-4(5(8)9)6-3-7/h2,5-6,8,14,17-19,25H,3-4,7,9-13H2,1H3;2-3H,1H3,(H,8,9). The average molecular weight is 538 g/mol. The number of likely N-dealkylation sites (tertiary alicyclic amines) is 2. The molecular weight excluding hydrogens is 503 g/mol. The Morgan fingerprint density at radius 2 is 1.97 bits per heavy atom. The van der Waals surface area contributed by atoms with Crippen LogP contribution < -0.4 is 10.1 Å². The number of aromatic carboxylic acids is 1. The van der Waals surface area contributed by atoms with Crippen LogP contribution in [0.15, 0.2) is 36.8 Å². The molecular formula is C26H34F3N5O4. The van der Waals surface area contributed by atoms with Crippen LogP contribution in [0.1, 0.15) is 35.8 Å². The second-order valence-corrected chi connectivity index (χ2v) is 10.3. The van der Waals surface area contributed by atoms with Crippen LogP contribution in [0.25, 0.3) is 0 Å². The third-order valence-electron chi connectivity index (χ3n) is 7.44. The van der Waals surface area contributed by atoms with Gasteiger partial charge in [0, 0.05) is 45.5 Å². The number of amides is 1. The number of piperidine rings is 1. The topological polar surface area (TPSA) is 99.9 Å². The maximum Gasteiger partial charge on any atom is 0.573 e. The molecule has 3 aliphatic rings. The maximum atomic E-state index is 12.4. The number of fused-ring (bicyclic) bond motifs is 1. The molecule has 1 aromatic carbocycles. The Morgan fingerprint density at radius 1 is 1.24 bits per heavy atom. The molecule has 0 spiro atoms. The van der Waals surface area contributed by atoms with Crippen LogP contribution in [0.3, 0.4) is 0 Å². The number of benzene rings is 1. The fourth-order valence-electron chi connectivity index (χ4n) is 5.51. The number of carbonyl (C=O) groups is 2. The molecule has 3 unspecified atom stereocenters. The molecule has 208 valence electrons. The first kappa shape index (κ1) is 27.9. The lowest BCUT2D eigenvalue weighted by atomic mass is 10.2. The van der Waals surface area contributed by atoms with Crippen LogP contribution in [0.5, 0.6) is 5.75 Å². The fraction of sp³-hybridized carbons (Fsp3) is 0.577. The Bertz CT molecular complexity index is 1110. The number of hydrogen-bond donors (Lipinski definition) is 2. The molecule has 12 heteroatoms. The molecule has 1 saturated carbocycles. The number of rotatable bonds is 8. The van der Waals surface area contributed by atoms with Crippen LogP contribution in [0, 0.1) is 17.8 Å². The van der Waals surface area contributed by atoms with Crippen molar-refractivity contribution in [1.29, 1.82) is 0 Å². The molecule has 2 aliphatic heterocycles. The van der Waals surface area contributed by atoms with Gasteiger partial charge in [-0.05, 0) is 61.8 Å². The smallest absolute Gasteiger partial charge is 0.476 e. The third kappa shape index (κ3) is 7.47. The van der Waals surface area contributed by atoms with E-state index in [1.165, 1.54) is 24.7 Å². The van der Waals surface area contributed by atoms with Crippen molar-refractivity contribution in [3.05, 3.63) is 48.0 Å². The van der Waals surface area contributed by atoms with Gasteiger partial charge in [-0.1, -0.05) is 12.1 Å². The van der Waals surface area contributed by atoms with Gasteiger partial charge in [-0.2, -0.15) is 0 Å². The molecule has 0 bridgehead atoms. The van der Waals surface area contributed by atoms with Gasteiger partial charge in [0.1, 0.15) is 5.75 Å². The van der Waals surface area contributed by atoms with Crippen LogP contribution in [0.2, 0.25) is 0 Å². The summed E-state index contributed by atoms with van der Waals surface area (Å²) < 4.78 is 42.5. The largest absolute Gasteiger partial charge is 0.573 e. The van der Waals surface area contributed by atoms with E-state index in [-0.39, 0.29) is 17.4 Å². The minimum Gasteiger partial charge on any atom is -0.476 e. The van der Waals surface area contributed by atoms with Crippen molar-refractivity contribution >= 4 is 11.9 Å².